The van der Waals surface area contributed by atoms with Gasteiger partial charge in [0.2, 0.25) is 0 Å². The summed E-state index contributed by atoms with van der Waals surface area (Å²) in [5, 5.41) is 3.21. The van der Waals surface area contributed by atoms with Gasteiger partial charge in [-0.25, -0.2) is 23.4 Å². The highest BCUT2D eigenvalue weighted by Crippen LogP contribution is 2.24. The standard InChI is InChI=1S/C8H5BrF3N3O/c9-5-6(11)3(1-4(10)7(5)12)2-14-15-8(13)16/h1-2H,(H3,13,15,16). The highest BCUT2D eigenvalue weighted by molar-refractivity contribution is 9.10. The summed E-state index contributed by atoms with van der Waals surface area (Å²) in [6.45, 7) is 0. The molecular formula is C8H5BrF3N3O. The maximum atomic E-state index is 13.3. The van der Waals surface area contributed by atoms with Crippen LogP contribution < -0.4 is 11.2 Å². The number of hydrogen-bond donors (Lipinski definition) is 2. The lowest BCUT2D eigenvalue weighted by Crippen LogP contribution is -2.24. The van der Waals surface area contributed by atoms with E-state index in [1.165, 1.54) is 0 Å². The van der Waals surface area contributed by atoms with Crippen molar-refractivity contribution in [2.45, 2.75) is 0 Å². The zero-order chi connectivity index (χ0) is 12.3. The van der Waals surface area contributed by atoms with E-state index >= 15 is 0 Å². The average Bonchev–Trinajstić information content (AvgIpc) is 2.22. The number of benzene rings is 1. The lowest BCUT2D eigenvalue weighted by Gasteiger charge is -2.02. The number of nitrogens with two attached hydrogens (primary N) is 1. The third-order valence-electron chi connectivity index (χ3n) is 1.51. The van der Waals surface area contributed by atoms with Crippen molar-refractivity contribution in [3.8, 4) is 0 Å². The molecule has 3 N–H and O–H groups in total. The molecule has 1 aromatic rings. The number of hydrogen-bond acceptors (Lipinski definition) is 2. The summed E-state index contributed by atoms with van der Waals surface area (Å²) in [5.74, 6) is -3.61. The molecule has 2 amide bonds. The second kappa shape index (κ2) is 4.97. The highest BCUT2D eigenvalue weighted by atomic mass is 79.9. The number of hydrazone groups is 1. The number of halogens is 4. The van der Waals surface area contributed by atoms with E-state index in [0.29, 0.717) is 6.07 Å². The van der Waals surface area contributed by atoms with E-state index in [9.17, 15) is 18.0 Å². The molecule has 0 saturated heterocycles. The molecule has 16 heavy (non-hydrogen) atoms. The van der Waals surface area contributed by atoms with Crippen LogP contribution in [-0.2, 0) is 0 Å². The summed E-state index contributed by atoms with van der Waals surface area (Å²) < 4.78 is 38.3. The predicted octanol–water partition coefficient (Wildman–Crippen LogP) is 1.87. The Morgan fingerprint density at radius 2 is 2.06 bits per heavy atom. The van der Waals surface area contributed by atoms with Gasteiger partial charge in [0.15, 0.2) is 11.6 Å². The van der Waals surface area contributed by atoms with Crippen molar-refractivity contribution in [2.75, 3.05) is 0 Å². The minimum atomic E-state index is -1.34. The van der Waals surface area contributed by atoms with Crippen LogP contribution in [-0.4, -0.2) is 12.2 Å². The van der Waals surface area contributed by atoms with Crippen molar-refractivity contribution in [1.82, 2.24) is 5.43 Å². The number of primary amides is 1. The summed E-state index contributed by atoms with van der Waals surface area (Å²) >= 11 is 2.54. The fourth-order valence-corrected chi connectivity index (χ4v) is 1.27. The van der Waals surface area contributed by atoms with E-state index in [4.69, 9.17) is 0 Å². The fourth-order valence-electron chi connectivity index (χ4n) is 0.851. The van der Waals surface area contributed by atoms with Crippen LogP contribution in [0.5, 0.6) is 0 Å². The van der Waals surface area contributed by atoms with Crippen molar-refractivity contribution in [2.24, 2.45) is 10.8 Å². The molecule has 0 aliphatic heterocycles. The van der Waals surface area contributed by atoms with Gasteiger partial charge in [-0.15, -0.1) is 0 Å². The largest absolute Gasteiger partial charge is 0.350 e. The molecule has 0 bridgehead atoms. The minimum absolute atomic E-state index is 0.334. The Bertz CT molecular complexity index is 464. The van der Waals surface area contributed by atoms with Gasteiger partial charge in [-0.3, -0.25) is 0 Å². The zero-order valence-electron chi connectivity index (χ0n) is 7.60. The molecule has 1 rings (SSSR count). The van der Waals surface area contributed by atoms with E-state index in [2.05, 4.69) is 26.8 Å². The summed E-state index contributed by atoms with van der Waals surface area (Å²) in [6.07, 6.45) is 0.799. The predicted molar refractivity (Wildman–Crippen MR) is 54.3 cm³/mol. The van der Waals surface area contributed by atoms with Gasteiger partial charge in [0.1, 0.15) is 5.82 Å². The third kappa shape index (κ3) is 2.72. The number of amides is 2. The van der Waals surface area contributed by atoms with Crippen LogP contribution in [0.15, 0.2) is 15.6 Å². The van der Waals surface area contributed by atoms with Crippen molar-refractivity contribution in [1.29, 1.82) is 0 Å². The van der Waals surface area contributed by atoms with Crippen LogP contribution in [0.2, 0.25) is 0 Å². The molecule has 1 aromatic carbocycles. The zero-order valence-corrected chi connectivity index (χ0v) is 9.19. The van der Waals surface area contributed by atoms with Gasteiger partial charge < -0.3 is 5.73 Å². The topological polar surface area (TPSA) is 67.5 Å². The van der Waals surface area contributed by atoms with Crippen LogP contribution in [0.25, 0.3) is 0 Å². The molecule has 0 radical (unpaired) electrons. The normalized spacial score (nSPS) is 10.8. The molecule has 0 saturated carbocycles. The van der Waals surface area contributed by atoms with Crippen LogP contribution in [0.1, 0.15) is 5.56 Å². The molecule has 0 spiro atoms. The molecule has 0 aromatic heterocycles. The molecule has 0 unspecified atom stereocenters. The first-order valence-corrected chi connectivity index (χ1v) is 4.64. The van der Waals surface area contributed by atoms with E-state index in [1.807, 2.05) is 0 Å². The summed E-state index contributed by atoms with van der Waals surface area (Å²) in [5.41, 5.74) is 6.13. The smallest absolute Gasteiger partial charge is 0.332 e. The Morgan fingerprint density at radius 1 is 1.44 bits per heavy atom. The van der Waals surface area contributed by atoms with Gasteiger partial charge in [0, 0.05) is 5.56 Å². The highest BCUT2D eigenvalue weighted by Gasteiger charge is 2.15. The van der Waals surface area contributed by atoms with E-state index in [1.54, 1.807) is 5.43 Å². The Labute approximate surface area is 96.4 Å². The van der Waals surface area contributed by atoms with Crippen LogP contribution >= 0.6 is 15.9 Å². The number of carbonyl (C=O) groups excluding carboxylic acids is 1. The van der Waals surface area contributed by atoms with Gasteiger partial charge in [0.25, 0.3) is 0 Å². The number of carbonyl (C=O) groups is 1. The number of nitrogens with one attached hydrogen (secondary N) is 1. The molecule has 0 aliphatic carbocycles. The van der Waals surface area contributed by atoms with Gasteiger partial charge in [-0.1, -0.05) is 0 Å². The quantitative estimate of drug-likeness (QED) is 0.372. The fraction of sp³-hybridized carbons (Fsp3) is 0. The number of nitrogens with zero attached hydrogens (tertiary/aromatic N) is 1. The molecule has 0 fully saturated rings. The third-order valence-corrected chi connectivity index (χ3v) is 2.21. The Morgan fingerprint density at radius 3 is 2.62 bits per heavy atom. The monoisotopic (exact) mass is 295 g/mol. The maximum Gasteiger partial charge on any atom is 0.332 e. The molecule has 0 heterocycles. The Balaban J connectivity index is 3.06. The first kappa shape index (κ1) is 12.5. The lowest BCUT2D eigenvalue weighted by atomic mass is 10.2. The first-order chi connectivity index (χ1) is 7.43. The Kier molecular flexibility index (Phi) is 3.88. The van der Waals surface area contributed by atoms with Crippen molar-refractivity contribution < 1.29 is 18.0 Å². The maximum absolute atomic E-state index is 13.3. The lowest BCUT2D eigenvalue weighted by molar-refractivity contribution is 0.249. The van der Waals surface area contributed by atoms with Crippen molar-refractivity contribution in [3.05, 3.63) is 33.6 Å². The van der Waals surface area contributed by atoms with Gasteiger partial charge in [0.05, 0.1) is 10.7 Å². The Hall–Kier alpha value is -1.57. The van der Waals surface area contributed by atoms with Crippen molar-refractivity contribution >= 4 is 28.2 Å². The molecule has 8 heteroatoms. The number of rotatable bonds is 2. The van der Waals surface area contributed by atoms with Gasteiger partial charge >= 0.3 is 6.03 Å². The average molecular weight is 296 g/mol. The van der Waals surface area contributed by atoms with Crippen LogP contribution in [0.4, 0.5) is 18.0 Å². The second-order valence-corrected chi connectivity index (χ2v) is 3.42. The van der Waals surface area contributed by atoms with Crippen LogP contribution in [0, 0.1) is 17.5 Å². The molecular weight excluding hydrogens is 291 g/mol. The van der Waals surface area contributed by atoms with E-state index in [0.717, 1.165) is 6.21 Å². The molecule has 4 nitrogen and oxygen atoms in total. The van der Waals surface area contributed by atoms with Crippen LogP contribution in [0.3, 0.4) is 0 Å². The molecule has 0 atom stereocenters. The van der Waals surface area contributed by atoms with E-state index < -0.39 is 28.0 Å². The summed E-state index contributed by atoms with van der Waals surface area (Å²) in [4.78, 5) is 10.2. The summed E-state index contributed by atoms with van der Waals surface area (Å²) in [7, 11) is 0. The summed E-state index contributed by atoms with van der Waals surface area (Å²) in [6, 6.07) is -0.361. The van der Waals surface area contributed by atoms with E-state index in [-0.39, 0.29) is 5.56 Å². The number of urea groups is 1. The van der Waals surface area contributed by atoms with Gasteiger partial charge in [-0.2, -0.15) is 5.10 Å². The van der Waals surface area contributed by atoms with Gasteiger partial charge in [-0.05, 0) is 22.0 Å². The first-order valence-electron chi connectivity index (χ1n) is 3.85. The SMILES string of the molecule is NC(=O)NN=Cc1cc(F)c(F)c(Br)c1F. The molecule has 0 aliphatic rings. The minimum Gasteiger partial charge on any atom is -0.350 e. The second-order valence-electron chi connectivity index (χ2n) is 2.62. The van der Waals surface area contributed by atoms with Crippen molar-refractivity contribution in [3.63, 3.8) is 0 Å². The molecule has 86 valence electrons.